The second-order valence-electron chi connectivity index (χ2n) is 4.26. The first-order chi connectivity index (χ1) is 9.24. The summed E-state index contributed by atoms with van der Waals surface area (Å²) >= 11 is 8.29. The average Bonchev–Trinajstić information content (AvgIpc) is 2.48. The van der Waals surface area contributed by atoms with Crippen molar-refractivity contribution in [3.05, 3.63) is 59.7 Å². The lowest BCUT2D eigenvalue weighted by Crippen LogP contribution is -1.97. The van der Waals surface area contributed by atoms with Crippen molar-refractivity contribution >= 4 is 23.4 Å². The summed E-state index contributed by atoms with van der Waals surface area (Å²) in [6, 6.07) is 16.4. The Bertz CT molecular complexity index is 525. The highest BCUT2D eigenvalue weighted by Crippen LogP contribution is 2.32. The molecule has 0 saturated carbocycles. The number of benzene rings is 2. The summed E-state index contributed by atoms with van der Waals surface area (Å²) in [6.07, 6.45) is 2.90. The molecule has 0 bridgehead atoms. The molecule has 100 valence electrons. The summed E-state index contributed by atoms with van der Waals surface area (Å²) in [6.45, 7) is 0. The number of methoxy groups -OCH3 is 1. The van der Waals surface area contributed by atoms with Crippen LogP contribution in [0.25, 0.3) is 0 Å². The molecule has 3 heteroatoms. The van der Waals surface area contributed by atoms with Crippen LogP contribution in [0.5, 0.6) is 5.75 Å². The van der Waals surface area contributed by atoms with Crippen molar-refractivity contribution in [2.75, 3.05) is 13.4 Å². The van der Waals surface area contributed by atoms with E-state index in [9.17, 15) is 0 Å². The van der Waals surface area contributed by atoms with Gasteiger partial charge in [0, 0.05) is 4.90 Å². The number of rotatable bonds is 5. The molecule has 2 aromatic rings. The molecule has 0 spiro atoms. The molecule has 0 amide bonds. The van der Waals surface area contributed by atoms with E-state index in [1.54, 1.807) is 18.9 Å². The highest BCUT2D eigenvalue weighted by atomic mass is 35.5. The van der Waals surface area contributed by atoms with Gasteiger partial charge in [-0.05, 0) is 42.0 Å². The van der Waals surface area contributed by atoms with Crippen LogP contribution in [0, 0.1) is 0 Å². The van der Waals surface area contributed by atoms with E-state index in [0.717, 1.165) is 12.2 Å². The van der Waals surface area contributed by atoms with Crippen LogP contribution in [-0.4, -0.2) is 13.4 Å². The zero-order valence-corrected chi connectivity index (χ0v) is 12.7. The highest BCUT2D eigenvalue weighted by molar-refractivity contribution is 7.98. The fourth-order valence-electron chi connectivity index (χ4n) is 2.00. The fourth-order valence-corrected chi connectivity index (χ4v) is 3.10. The second kappa shape index (κ2) is 6.88. The Labute approximate surface area is 123 Å². The Kier molecular flexibility index (Phi) is 5.17. The molecule has 0 radical (unpaired) electrons. The molecular weight excluding hydrogens is 276 g/mol. The monoisotopic (exact) mass is 292 g/mol. The van der Waals surface area contributed by atoms with Gasteiger partial charge in [0.25, 0.3) is 0 Å². The van der Waals surface area contributed by atoms with Crippen LogP contribution in [0.3, 0.4) is 0 Å². The third-order valence-electron chi connectivity index (χ3n) is 3.05. The minimum Gasteiger partial charge on any atom is -0.497 e. The molecule has 2 aromatic carbocycles. The maximum atomic E-state index is 6.55. The Morgan fingerprint density at radius 2 is 1.79 bits per heavy atom. The summed E-state index contributed by atoms with van der Waals surface area (Å²) in [5.74, 6) is 0.874. The summed E-state index contributed by atoms with van der Waals surface area (Å²) < 4.78 is 5.16. The number of hydrogen-bond acceptors (Lipinski definition) is 2. The summed E-state index contributed by atoms with van der Waals surface area (Å²) in [7, 11) is 1.67. The molecule has 0 fully saturated rings. The van der Waals surface area contributed by atoms with Gasteiger partial charge in [0.2, 0.25) is 0 Å². The number of ether oxygens (including phenoxy) is 1. The molecule has 2 rings (SSSR count). The fraction of sp³-hybridized carbons (Fsp3) is 0.250. The van der Waals surface area contributed by atoms with Gasteiger partial charge in [-0.15, -0.1) is 23.4 Å². The smallest absolute Gasteiger partial charge is 0.118 e. The van der Waals surface area contributed by atoms with E-state index in [1.165, 1.54) is 16.0 Å². The molecule has 0 aliphatic heterocycles. The van der Waals surface area contributed by atoms with Crippen molar-refractivity contribution < 1.29 is 4.74 Å². The van der Waals surface area contributed by atoms with Crippen LogP contribution in [0.4, 0.5) is 0 Å². The van der Waals surface area contributed by atoms with Gasteiger partial charge in [-0.3, -0.25) is 0 Å². The largest absolute Gasteiger partial charge is 0.497 e. The zero-order chi connectivity index (χ0) is 13.7. The van der Waals surface area contributed by atoms with Crippen molar-refractivity contribution in [1.29, 1.82) is 0 Å². The Hall–Kier alpha value is -1.12. The molecule has 0 heterocycles. The van der Waals surface area contributed by atoms with E-state index in [0.29, 0.717) is 0 Å². The van der Waals surface area contributed by atoms with Gasteiger partial charge in [0.1, 0.15) is 5.75 Å². The number of alkyl halides is 1. The molecule has 1 unspecified atom stereocenters. The van der Waals surface area contributed by atoms with Crippen LogP contribution in [0.15, 0.2) is 53.4 Å². The predicted octanol–water partition coefficient (Wildman–Crippen LogP) is 4.94. The van der Waals surface area contributed by atoms with Crippen molar-refractivity contribution in [3.63, 3.8) is 0 Å². The molecule has 0 aliphatic rings. The summed E-state index contributed by atoms with van der Waals surface area (Å²) in [5, 5.41) is -0.00274. The average molecular weight is 293 g/mol. The van der Waals surface area contributed by atoms with E-state index < -0.39 is 0 Å². The quantitative estimate of drug-likeness (QED) is 0.570. The van der Waals surface area contributed by atoms with E-state index >= 15 is 0 Å². The summed E-state index contributed by atoms with van der Waals surface area (Å²) in [5.41, 5.74) is 2.42. The van der Waals surface area contributed by atoms with E-state index in [-0.39, 0.29) is 5.38 Å². The normalized spacial score (nSPS) is 12.2. The topological polar surface area (TPSA) is 9.23 Å². The van der Waals surface area contributed by atoms with E-state index in [1.807, 2.05) is 24.3 Å². The molecular formula is C16H17ClOS. The van der Waals surface area contributed by atoms with Gasteiger partial charge in [0.15, 0.2) is 0 Å². The Balaban J connectivity index is 2.13. The third-order valence-corrected chi connectivity index (χ3v) is 4.25. The van der Waals surface area contributed by atoms with Crippen LogP contribution in [0.1, 0.15) is 16.5 Å². The molecule has 0 aromatic heterocycles. The van der Waals surface area contributed by atoms with E-state index in [2.05, 4.69) is 30.5 Å². The van der Waals surface area contributed by atoms with Crippen molar-refractivity contribution in [3.8, 4) is 5.75 Å². The highest BCUT2D eigenvalue weighted by Gasteiger charge is 2.12. The third kappa shape index (κ3) is 3.68. The van der Waals surface area contributed by atoms with Gasteiger partial charge in [-0.1, -0.05) is 30.3 Å². The zero-order valence-electron chi connectivity index (χ0n) is 11.1. The molecule has 1 nitrogen and oxygen atoms in total. The van der Waals surface area contributed by atoms with Crippen LogP contribution >= 0.6 is 23.4 Å². The molecule has 0 N–H and O–H groups in total. The van der Waals surface area contributed by atoms with Crippen LogP contribution < -0.4 is 4.74 Å². The lowest BCUT2D eigenvalue weighted by molar-refractivity contribution is 0.414. The maximum absolute atomic E-state index is 6.55. The number of hydrogen-bond donors (Lipinski definition) is 0. The first-order valence-electron chi connectivity index (χ1n) is 6.14. The molecule has 0 aliphatic carbocycles. The minimum atomic E-state index is -0.00274. The lowest BCUT2D eigenvalue weighted by Gasteiger charge is -2.13. The predicted molar refractivity (Wildman–Crippen MR) is 83.5 cm³/mol. The Morgan fingerprint density at radius 1 is 1.11 bits per heavy atom. The molecule has 0 saturated heterocycles. The van der Waals surface area contributed by atoms with Gasteiger partial charge < -0.3 is 4.74 Å². The second-order valence-corrected chi connectivity index (χ2v) is 5.64. The number of thioether (sulfide) groups is 1. The molecule has 19 heavy (non-hydrogen) atoms. The van der Waals surface area contributed by atoms with Crippen molar-refractivity contribution in [1.82, 2.24) is 0 Å². The maximum Gasteiger partial charge on any atom is 0.118 e. The first-order valence-corrected chi connectivity index (χ1v) is 7.80. The van der Waals surface area contributed by atoms with Gasteiger partial charge in [-0.25, -0.2) is 0 Å². The Morgan fingerprint density at radius 3 is 2.42 bits per heavy atom. The van der Waals surface area contributed by atoms with Crippen LogP contribution in [0.2, 0.25) is 0 Å². The van der Waals surface area contributed by atoms with Gasteiger partial charge in [0.05, 0.1) is 12.5 Å². The molecule has 1 atom stereocenters. The summed E-state index contributed by atoms with van der Waals surface area (Å²) in [4.78, 5) is 1.25. The minimum absolute atomic E-state index is 0.00274. The van der Waals surface area contributed by atoms with Gasteiger partial charge >= 0.3 is 0 Å². The van der Waals surface area contributed by atoms with E-state index in [4.69, 9.17) is 16.3 Å². The van der Waals surface area contributed by atoms with Crippen LogP contribution in [-0.2, 0) is 6.42 Å². The first kappa shape index (κ1) is 14.3. The van der Waals surface area contributed by atoms with Crippen molar-refractivity contribution in [2.24, 2.45) is 0 Å². The SMILES string of the molecule is COc1ccc(CC(Cl)c2ccccc2SC)cc1. The van der Waals surface area contributed by atoms with Gasteiger partial charge in [-0.2, -0.15) is 0 Å². The standard InChI is InChI=1S/C16H17ClOS/c1-18-13-9-7-12(8-10-13)11-15(17)14-5-3-4-6-16(14)19-2/h3-10,15H,11H2,1-2H3. The van der Waals surface area contributed by atoms with Crippen molar-refractivity contribution in [2.45, 2.75) is 16.7 Å². The lowest BCUT2D eigenvalue weighted by atomic mass is 10.0. The number of halogens is 1.